The Bertz CT molecular complexity index is 907. The van der Waals surface area contributed by atoms with Gasteiger partial charge >= 0.3 is 0 Å². The smallest absolute Gasteiger partial charge is 0.282 e. The van der Waals surface area contributed by atoms with Crippen molar-refractivity contribution in [1.82, 2.24) is 18.8 Å². The highest BCUT2D eigenvalue weighted by molar-refractivity contribution is 7.89. The molecule has 0 aromatic heterocycles. The summed E-state index contributed by atoms with van der Waals surface area (Å²) in [6.07, 6.45) is 0.562. The van der Waals surface area contributed by atoms with E-state index in [4.69, 9.17) is 5.14 Å². The van der Waals surface area contributed by atoms with Gasteiger partial charge in [0.25, 0.3) is 10.2 Å². The molecule has 1 fully saturated rings. The average molecular weight is 462 g/mol. The van der Waals surface area contributed by atoms with Crippen LogP contribution in [0.1, 0.15) is 19.4 Å². The fraction of sp³-hybridized carbons (Fsp3) is 0.611. The zero-order valence-electron chi connectivity index (χ0n) is 17.5. The molecule has 1 aromatic rings. The zero-order chi connectivity index (χ0) is 22.4. The summed E-state index contributed by atoms with van der Waals surface area (Å²) >= 11 is 0. The lowest BCUT2D eigenvalue weighted by atomic mass is 10.1. The van der Waals surface area contributed by atoms with E-state index in [1.807, 2.05) is 18.7 Å². The molecule has 1 heterocycles. The Kier molecular flexibility index (Phi) is 8.76. The minimum atomic E-state index is -3.71. The van der Waals surface area contributed by atoms with Crippen LogP contribution in [0.25, 0.3) is 0 Å². The summed E-state index contributed by atoms with van der Waals surface area (Å²) in [4.78, 5) is 14.2. The molecule has 30 heavy (non-hydrogen) atoms. The number of nitrogens with zero attached hydrogens (tertiary/aromatic N) is 3. The van der Waals surface area contributed by atoms with Gasteiger partial charge in [0.1, 0.15) is 0 Å². The molecule has 1 amide bonds. The predicted octanol–water partition coefficient (Wildman–Crippen LogP) is -0.803. The molecule has 1 aliphatic rings. The van der Waals surface area contributed by atoms with Gasteiger partial charge in [-0.05, 0) is 24.1 Å². The lowest BCUT2D eigenvalue weighted by Gasteiger charge is -2.35. The molecule has 170 valence electrons. The van der Waals surface area contributed by atoms with Gasteiger partial charge in [0.05, 0.1) is 11.4 Å². The highest BCUT2D eigenvalue weighted by Crippen LogP contribution is 2.12. The van der Waals surface area contributed by atoms with Crippen molar-refractivity contribution in [3.05, 3.63) is 29.8 Å². The summed E-state index contributed by atoms with van der Waals surface area (Å²) < 4.78 is 50.5. The van der Waals surface area contributed by atoms with Gasteiger partial charge in [0.2, 0.25) is 15.9 Å². The molecule has 1 aromatic carbocycles. The predicted molar refractivity (Wildman–Crippen MR) is 114 cm³/mol. The molecule has 0 spiro atoms. The van der Waals surface area contributed by atoms with Crippen molar-refractivity contribution in [2.45, 2.75) is 25.2 Å². The van der Waals surface area contributed by atoms with Gasteiger partial charge < -0.3 is 5.32 Å². The first-order valence-corrected chi connectivity index (χ1v) is 12.9. The van der Waals surface area contributed by atoms with E-state index in [-0.39, 0.29) is 17.3 Å². The number of hydrogen-bond acceptors (Lipinski definition) is 6. The van der Waals surface area contributed by atoms with Crippen LogP contribution >= 0.6 is 0 Å². The van der Waals surface area contributed by atoms with Gasteiger partial charge in [-0.2, -0.15) is 17.0 Å². The van der Waals surface area contributed by atoms with Crippen LogP contribution in [-0.2, 0) is 31.4 Å². The number of nitrogens with one attached hydrogen (secondary N) is 1. The Morgan fingerprint density at radius 3 is 2.10 bits per heavy atom. The van der Waals surface area contributed by atoms with Gasteiger partial charge in [0, 0.05) is 45.8 Å². The highest BCUT2D eigenvalue weighted by Gasteiger charge is 2.31. The maximum Gasteiger partial charge on any atom is 0.282 e. The van der Waals surface area contributed by atoms with E-state index >= 15 is 0 Å². The molecule has 0 atom stereocenters. The quantitative estimate of drug-likeness (QED) is 0.469. The topological polar surface area (TPSA) is 133 Å². The molecule has 1 saturated heterocycles. The van der Waals surface area contributed by atoms with Crippen molar-refractivity contribution >= 4 is 26.1 Å². The van der Waals surface area contributed by atoms with E-state index in [0.717, 1.165) is 5.56 Å². The number of benzene rings is 1. The number of sulfonamides is 1. The lowest BCUT2D eigenvalue weighted by molar-refractivity contribution is -0.122. The molecule has 0 bridgehead atoms. The van der Waals surface area contributed by atoms with E-state index in [0.29, 0.717) is 52.2 Å². The van der Waals surface area contributed by atoms with Crippen LogP contribution in [0.5, 0.6) is 0 Å². The molecule has 10 nitrogen and oxygen atoms in total. The normalized spacial score (nSPS) is 16.7. The van der Waals surface area contributed by atoms with Gasteiger partial charge in [0.15, 0.2) is 0 Å². The van der Waals surface area contributed by atoms with E-state index in [9.17, 15) is 21.6 Å². The number of hydrogen-bond donors (Lipinski definition) is 2. The first-order chi connectivity index (χ1) is 14.1. The Labute approximate surface area is 179 Å². The first-order valence-electron chi connectivity index (χ1n) is 9.94. The minimum absolute atomic E-state index is 0.0532. The van der Waals surface area contributed by atoms with Gasteiger partial charge in [-0.3, -0.25) is 9.69 Å². The Balaban J connectivity index is 1.74. The monoisotopic (exact) mass is 461 g/mol. The molecule has 12 heteroatoms. The number of amides is 1. The van der Waals surface area contributed by atoms with Gasteiger partial charge in [-0.25, -0.2) is 13.6 Å². The maximum absolute atomic E-state index is 12.5. The van der Waals surface area contributed by atoms with Crippen LogP contribution in [0.15, 0.2) is 29.2 Å². The molecule has 0 unspecified atom stereocenters. The second-order valence-electron chi connectivity index (χ2n) is 7.06. The van der Waals surface area contributed by atoms with Gasteiger partial charge in [-0.15, -0.1) is 0 Å². The Morgan fingerprint density at radius 1 is 1.03 bits per heavy atom. The number of primary sulfonamides is 1. The first kappa shape index (κ1) is 24.7. The second-order valence-corrected chi connectivity index (χ2v) is 10.5. The largest absolute Gasteiger partial charge is 0.355 e. The van der Waals surface area contributed by atoms with E-state index < -0.39 is 20.2 Å². The molecular formula is C18H31N5O5S2. The van der Waals surface area contributed by atoms with Crippen molar-refractivity contribution in [1.29, 1.82) is 0 Å². The third-order valence-corrected chi connectivity index (χ3v) is 8.16. The van der Waals surface area contributed by atoms with Gasteiger partial charge in [-0.1, -0.05) is 26.0 Å². The van der Waals surface area contributed by atoms with Crippen molar-refractivity contribution in [3.63, 3.8) is 0 Å². The fourth-order valence-electron chi connectivity index (χ4n) is 3.28. The van der Waals surface area contributed by atoms with E-state index in [2.05, 4.69) is 5.32 Å². The summed E-state index contributed by atoms with van der Waals surface area (Å²) in [6, 6.07) is 6.22. The average Bonchev–Trinajstić information content (AvgIpc) is 2.69. The number of rotatable bonds is 10. The summed E-state index contributed by atoms with van der Waals surface area (Å²) in [6.45, 7) is 6.87. The third-order valence-electron chi connectivity index (χ3n) is 5.04. The summed E-state index contributed by atoms with van der Waals surface area (Å²) in [5.74, 6) is -0.129. The second kappa shape index (κ2) is 10.6. The molecule has 0 aliphatic carbocycles. The van der Waals surface area contributed by atoms with Crippen LogP contribution in [0, 0.1) is 0 Å². The zero-order valence-corrected chi connectivity index (χ0v) is 19.1. The molecular weight excluding hydrogens is 430 g/mol. The van der Waals surface area contributed by atoms with Crippen molar-refractivity contribution < 1.29 is 21.6 Å². The summed E-state index contributed by atoms with van der Waals surface area (Å²) in [5.41, 5.74) is 0.887. The third kappa shape index (κ3) is 6.72. The summed E-state index contributed by atoms with van der Waals surface area (Å²) in [7, 11) is -7.15. The fourth-order valence-corrected chi connectivity index (χ4v) is 5.40. The number of piperazine rings is 1. The number of nitrogens with two attached hydrogens (primary N) is 1. The van der Waals surface area contributed by atoms with E-state index in [1.165, 1.54) is 20.7 Å². The molecule has 2 rings (SSSR count). The van der Waals surface area contributed by atoms with Crippen LogP contribution in [-0.4, -0.2) is 88.6 Å². The molecule has 3 N–H and O–H groups in total. The minimum Gasteiger partial charge on any atom is -0.355 e. The number of carbonyl (C=O) groups excluding carboxylic acids is 1. The number of carbonyl (C=O) groups is 1. The van der Waals surface area contributed by atoms with Crippen molar-refractivity contribution in [2.75, 3.05) is 52.4 Å². The highest BCUT2D eigenvalue weighted by atomic mass is 32.2. The SMILES string of the molecule is CCN(CC)S(=O)(=O)N1CCN(CC(=O)NCCc2ccc(S(N)(=O)=O)cc2)CC1. The van der Waals surface area contributed by atoms with Crippen LogP contribution in [0.4, 0.5) is 0 Å². The van der Waals surface area contributed by atoms with Crippen LogP contribution < -0.4 is 10.5 Å². The Hall–Kier alpha value is -1.57. The van der Waals surface area contributed by atoms with E-state index in [1.54, 1.807) is 12.1 Å². The maximum atomic E-state index is 12.5. The molecule has 1 aliphatic heterocycles. The Morgan fingerprint density at radius 2 is 1.60 bits per heavy atom. The molecule has 0 radical (unpaired) electrons. The van der Waals surface area contributed by atoms with Crippen LogP contribution in [0.2, 0.25) is 0 Å². The lowest BCUT2D eigenvalue weighted by Crippen LogP contribution is -2.54. The van der Waals surface area contributed by atoms with Crippen molar-refractivity contribution in [3.8, 4) is 0 Å². The van der Waals surface area contributed by atoms with Crippen molar-refractivity contribution in [2.24, 2.45) is 5.14 Å². The standard InChI is InChI=1S/C18H31N5O5S2/c1-3-22(4-2)30(27,28)23-13-11-21(12-14-23)15-18(24)20-10-9-16-5-7-17(8-6-16)29(19,25)26/h5-8H,3-4,9-15H2,1-2H3,(H,20,24)(H2,19,25,26). The van der Waals surface area contributed by atoms with Crippen LogP contribution in [0.3, 0.4) is 0 Å². The summed E-state index contributed by atoms with van der Waals surface area (Å²) in [5, 5.41) is 7.91. The molecule has 0 saturated carbocycles.